The molecule has 1 aliphatic heterocycles. The van der Waals surface area contributed by atoms with E-state index in [1.54, 1.807) is 0 Å². The highest BCUT2D eigenvalue weighted by molar-refractivity contribution is 7.80. The highest BCUT2D eigenvalue weighted by Crippen LogP contribution is 2.28. The van der Waals surface area contributed by atoms with Gasteiger partial charge in [-0.25, -0.2) is 0 Å². The van der Waals surface area contributed by atoms with Crippen molar-refractivity contribution < 1.29 is 0 Å². The lowest BCUT2D eigenvalue weighted by Crippen LogP contribution is -2.53. The highest BCUT2D eigenvalue weighted by Gasteiger charge is 2.33. The van der Waals surface area contributed by atoms with Gasteiger partial charge in [-0.05, 0) is 5.41 Å². The van der Waals surface area contributed by atoms with Crippen LogP contribution in [0.3, 0.4) is 0 Å². The predicted octanol–water partition coefficient (Wildman–Crippen LogP) is 1.00. The van der Waals surface area contributed by atoms with Gasteiger partial charge in [-0.2, -0.15) is 0 Å². The van der Waals surface area contributed by atoms with Gasteiger partial charge in [0.05, 0.1) is 4.99 Å². The number of likely N-dealkylation sites (tertiary alicyclic amines) is 1. The SMILES string of the molecule is CC1(C)CN(CCC(N)=S)C1. The second-order valence-corrected chi connectivity index (χ2v) is 4.62. The molecule has 2 N–H and O–H groups in total. The molecule has 0 unspecified atom stereocenters. The van der Waals surface area contributed by atoms with E-state index in [2.05, 4.69) is 18.7 Å². The van der Waals surface area contributed by atoms with Crippen molar-refractivity contribution in [3.05, 3.63) is 0 Å². The lowest BCUT2D eigenvalue weighted by atomic mass is 9.84. The molecule has 1 heterocycles. The fourth-order valence-electron chi connectivity index (χ4n) is 1.59. The molecule has 2 nitrogen and oxygen atoms in total. The molecule has 0 aromatic carbocycles. The van der Waals surface area contributed by atoms with Crippen molar-refractivity contribution in [1.29, 1.82) is 0 Å². The minimum absolute atomic E-state index is 0.524. The summed E-state index contributed by atoms with van der Waals surface area (Å²) in [6, 6.07) is 0. The molecule has 1 saturated heterocycles. The van der Waals surface area contributed by atoms with Crippen molar-refractivity contribution in [2.45, 2.75) is 20.3 Å². The third kappa shape index (κ3) is 2.75. The van der Waals surface area contributed by atoms with Crippen LogP contribution in [0.1, 0.15) is 20.3 Å². The second-order valence-electron chi connectivity index (χ2n) is 4.09. The minimum Gasteiger partial charge on any atom is -0.393 e. The van der Waals surface area contributed by atoms with Crippen LogP contribution >= 0.6 is 12.2 Å². The van der Waals surface area contributed by atoms with E-state index in [1.807, 2.05) is 0 Å². The van der Waals surface area contributed by atoms with Gasteiger partial charge in [-0.3, -0.25) is 0 Å². The van der Waals surface area contributed by atoms with Gasteiger partial charge >= 0.3 is 0 Å². The molecule has 1 rings (SSSR count). The predicted molar refractivity (Wildman–Crippen MR) is 51.6 cm³/mol. The van der Waals surface area contributed by atoms with E-state index in [0.29, 0.717) is 10.4 Å². The van der Waals surface area contributed by atoms with Crippen molar-refractivity contribution in [2.75, 3.05) is 19.6 Å². The first-order valence-corrected chi connectivity index (χ1v) is 4.41. The molecule has 0 bridgehead atoms. The van der Waals surface area contributed by atoms with Crippen LogP contribution < -0.4 is 5.73 Å². The van der Waals surface area contributed by atoms with E-state index in [-0.39, 0.29) is 0 Å². The Hall–Kier alpha value is -0.150. The number of thiocarbonyl (C=S) groups is 1. The summed E-state index contributed by atoms with van der Waals surface area (Å²) in [5.74, 6) is 0. The van der Waals surface area contributed by atoms with E-state index in [0.717, 1.165) is 13.0 Å². The lowest BCUT2D eigenvalue weighted by molar-refractivity contribution is 0.0340. The van der Waals surface area contributed by atoms with Gasteiger partial charge in [0.2, 0.25) is 0 Å². The average molecular weight is 172 g/mol. The van der Waals surface area contributed by atoms with E-state index in [1.165, 1.54) is 13.1 Å². The Morgan fingerprint density at radius 2 is 2.09 bits per heavy atom. The monoisotopic (exact) mass is 172 g/mol. The molecule has 0 spiro atoms. The Bertz CT molecular complexity index is 157. The van der Waals surface area contributed by atoms with Gasteiger partial charge in [0.15, 0.2) is 0 Å². The first-order valence-electron chi connectivity index (χ1n) is 4.00. The molecule has 11 heavy (non-hydrogen) atoms. The molecule has 0 aromatic heterocycles. The van der Waals surface area contributed by atoms with Crippen LogP contribution in [0, 0.1) is 5.41 Å². The van der Waals surface area contributed by atoms with Crippen LogP contribution in [-0.4, -0.2) is 29.5 Å². The summed E-state index contributed by atoms with van der Waals surface area (Å²) in [6.45, 7) is 7.98. The molecule has 1 aliphatic rings. The van der Waals surface area contributed by atoms with Crippen molar-refractivity contribution in [2.24, 2.45) is 11.1 Å². The molecular formula is C8H16N2S. The maximum Gasteiger partial charge on any atom is 0.0740 e. The molecule has 3 heteroatoms. The fourth-order valence-corrected chi connectivity index (χ4v) is 1.68. The summed E-state index contributed by atoms with van der Waals surface area (Å²) in [4.78, 5) is 3.02. The number of hydrogen-bond acceptors (Lipinski definition) is 2. The van der Waals surface area contributed by atoms with E-state index in [4.69, 9.17) is 18.0 Å². The minimum atomic E-state index is 0.524. The highest BCUT2D eigenvalue weighted by atomic mass is 32.1. The Morgan fingerprint density at radius 3 is 2.45 bits per heavy atom. The zero-order chi connectivity index (χ0) is 8.48. The summed E-state index contributed by atoms with van der Waals surface area (Å²) in [7, 11) is 0. The van der Waals surface area contributed by atoms with Crippen molar-refractivity contribution in [3.63, 3.8) is 0 Å². The third-order valence-electron chi connectivity index (χ3n) is 1.98. The summed E-state index contributed by atoms with van der Waals surface area (Å²) in [5, 5.41) is 0. The van der Waals surface area contributed by atoms with Gasteiger partial charge in [-0.15, -0.1) is 0 Å². The van der Waals surface area contributed by atoms with Crippen LogP contribution in [-0.2, 0) is 0 Å². The van der Waals surface area contributed by atoms with Gasteiger partial charge in [0.1, 0.15) is 0 Å². The van der Waals surface area contributed by atoms with E-state index < -0.39 is 0 Å². The van der Waals surface area contributed by atoms with Gasteiger partial charge in [-0.1, -0.05) is 26.1 Å². The molecular weight excluding hydrogens is 156 g/mol. The van der Waals surface area contributed by atoms with Crippen LogP contribution in [0.2, 0.25) is 0 Å². The number of nitrogens with two attached hydrogens (primary N) is 1. The smallest absolute Gasteiger partial charge is 0.0740 e. The Labute approximate surface area is 73.7 Å². The summed E-state index contributed by atoms with van der Waals surface area (Å²) in [5.41, 5.74) is 5.92. The van der Waals surface area contributed by atoms with Crippen LogP contribution in [0.15, 0.2) is 0 Å². The standard InChI is InChI=1S/C8H16N2S/c1-8(2)5-10(6-8)4-3-7(9)11/h3-6H2,1-2H3,(H2,9,11). The van der Waals surface area contributed by atoms with E-state index in [9.17, 15) is 0 Å². The van der Waals surface area contributed by atoms with Crippen LogP contribution in [0.25, 0.3) is 0 Å². The van der Waals surface area contributed by atoms with Gasteiger partial charge in [0.25, 0.3) is 0 Å². The largest absolute Gasteiger partial charge is 0.393 e. The maximum absolute atomic E-state index is 5.39. The van der Waals surface area contributed by atoms with Crippen molar-refractivity contribution in [3.8, 4) is 0 Å². The lowest BCUT2D eigenvalue weighted by Gasteiger charge is -2.45. The normalized spacial score (nSPS) is 22.7. The van der Waals surface area contributed by atoms with E-state index >= 15 is 0 Å². The second kappa shape index (κ2) is 3.07. The average Bonchev–Trinajstić information content (AvgIpc) is 1.78. The topological polar surface area (TPSA) is 29.3 Å². The molecule has 0 amide bonds. The van der Waals surface area contributed by atoms with Crippen molar-refractivity contribution in [1.82, 2.24) is 4.90 Å². The molecule has 0 aliphatic carbocycles. The summed E-state index contributed by atoms with van der Waals surface area (Å²) >= 11 is 4.79. The number of nitrogens with zero attached hydrogens (tertiary/aromatic N) is 1. The molecule has 0 saturated carbocycles. The Morgan fingerprint density at radius 1 is 1.55 bits per heavy atom. The van der Waals surface area contributed by atoms with Crippen LogP contribution in [0.5, 0.6) is 0 Å². The quantitative estimate of drug-likeness (QED) is 0.644. The maximum atomic E-state index is 5.39. The van der Waals surface area contributed by atoms with Crippen LogP contribution in [0.4, 0.5) is 0 Å². The number of hydrogen-bond donors (Lipinski definition) is 1. The van der Waals surface area contributed by atoms with Crippen molar-refractivity contribution >= 4 is 17.2 Å². The first-order chi connectivity index (χ1) is 4.99. The molecule has 1 fully saturated rings. The first kappa shape index (κ1) is 8.94. The molecule has 0 radical (unpaired) electrons. The number of rotatable bonds is 3. The Balaban J connectivity index is 2.09. The molecule has 0 atom stereocenters. The Kier molecular flexibility index (Phi) is 2.50. The van der Waals surface area contributed by atoms with Gasteiger partial charge in [0, 0.05) is 26.1 Å². The zero-order valence-electron chi connectivity index (χ0n) is 7.26. The summed E-state index contributed by atoms with van der Waals surface area (Å²) < 4.78 is 0. The molecule has 64 valence electrons. The zero-order valence-corrected chi connectivity index (χ0v) is 8.08. The fraction of sp³-hybridized carbons (Fsp3) is 0.875. The summed E-state index contributed by atoms with van der Waals surface area (Å²) in [6.07, 6.45) is 0.866. The third-order valence-corrected chi connectivity index (χ3v) is 2.18. The molecule has 0 aromatic rings. The van der Waals surface area contributed by atoms with Gasteiger partial charge < -0.3 is 10.6 Å².